The molecular weight excluding hydrogens is 380 g/mol. The minimum absolute atomic E-state index is 0.0465. The molecule has 1 aromatic carbocycles. The smallest absolute Gasteiger partial charge is 0.261 e. The number of fused-ring (bicyclic) bond motifs is 1. The van der Waals surface area contributed by atoms with Crippen LogP contribution in [-0.4, -0.2) is 59.0 Å². The van der Waals surface area contributed by atoms with Gasteiger partial charge in [0.25, 0.3) is 5.91 Å². The number of hydrogen-bond donors (Lipinski definition) is 0. The number of rotatable bonds is 7. The lowest BCUT2D eigenvalue weighted by Gasteiger charge is -2.26. The van der Waals surface area contributed by atoms with E-state index in [9.17, 15) is 4.79 Å². The molecule has 0 aliphatic carbocycles. The molecule has 7 heteroatoms. The van der Waals surface area contributed by atoms with Gasteiger partial charge < -0.3 is 14.4 Å². The van der Waals surface area contributed by atoms with Crippen molar-refractivity contribution in [2.75, 3.05) is 33.3 Å². The van der Waals surface area contributed by atoms with Crippen LogP contribution >= 0.6 is 0 Å². The molecule has 0 bridgehead atoms. The van der Waals surface area contributed by atoms with Crippen LogP contribution in [-0.2, 0) is 0 Å². The van der Waals surface area contributed by atoms with E-state index >= 15 is 0 Å². The molecule has 30 heavy (non-hydrogen) atoms. The Balaban J connectivity index is 1.25. The number of hydrogen-bond acceptors (Lipinski definition) is 6. The minimum Gasteiger partial charge on any atom is -0.497 e. The fourth-order valence-electron chi connectivity index (χ4n) is 3.68. The normalized spacial score (nSPS) is 16.5. The summed E-state index contributed by atoms with van der Waals surface area (Å²) in [4.78, 5) is 25.6. The molecule has 0 fully saturated rings. The van der Waals surface area contributed by atoms with Gasteiger partial charge in [0, 0.05) is 44.3 Å². The molecule has 7 nitrogen and oxygen atoms in total. The predicted molar refractivity (Wildman–Crippen MR) is 114 cm³/mol. The third kappa shape index (κ3) is 4.68. The first-order valence-electron chi connectivity index (χ1n) is 10.3. The highest BCUT2D eigenvalue weighted by atomic mass is 16.5. The summed E-state index contributed by atoms with van der Waals surface area (Å²) in [6, 6.07) is 7.11. The van der Waals surface area contributed by atoms with Crippen molar-refractivity contribution in [2.45, 2.75) is 19.3 Å². The average molecular weight is 406 g/mol. The van der Waals surface area contributed by atoms with E-state index in [0.29, 0.717) is 23.6 Å². The Hall–Kier alpha value is -3.19. The lowest BCUT2D eigenvalue weighted by molar-refractivity contribution is 0.0820. The molecule has 0 atom stereocenters. The number of carbonyl (C=O) groups excluding carboxylic acids is 1. The lowest BCUT2D eigenvalue weighted by atomic mass is 10.1. The maximum Gasteiger partial charge on any atom is 0.261 e. The molecule has 1 amide bonds. The van der Waals surface area contributed by atoms with Crippen LogP contribution in [0.25, 0.3) is 5.57 Å². The quantitative estimate of drug-likeness (QED) is 0.657. The number of methoxy groups -OCH3 is 1. The van der Waals surface area contributed by atoms with Crippen LogP contribution in [0.5, 0.6) is 11.5 Å². The highest BCUT2D eigenvalue weighted by molar-refractivity contribution is 5.98. The average Bonchev–Trinajstić information content (AvgIpc) is 2.96. The van der Waals surface area contributed by atoms with Crippen molar-refractivity contribution in [3.8, 4) is 11.5 Å². The van der Waals surface area contributed by atoms with Gasteiger partial charge in [0.1, 0.15) is 17.8 Å². The fourth-order valence-corrected chi connectivity index (χ4v) is 3.68. The first kappa shape index (κ1) is 20.1. The number of benzene rings is 1. The van der Waals surface area contributed by atoms with Gasteiger partial charge in [-0.15, -0.1) is 0 Å². The first-order valence-corrected chi connectivity index (χ1v) is 10.3. The zero-order valence-corrected chi connectivity index (χ0v) is 17.2. The number of aromatic nitrogens is 2. The predicted octanol–water partition coefficient (Wildman–Crippen LogP) is 3.36. The highest BCUT2D eigenvalue weighted by Gasteiger charge is 2.21. The highest BCUT2D eigenvalue weighted by Crippen LogP contribution is 2.28. The second-order valence-corrected chi connectivity index (χ2v) is 7.32. The van der Waals surface area contributed by atoms with Gasteiger partial charge in [0.05, 0.1) is 12.7 Å². The van der Waals surface area contributed by atoms with Gasteiger partial charge in [-0.05, 0) is 49.6 Å². The van der Waals surface area contributed by atoms with Crippen LogP contribution < -0.4 is 9.47 Å². The van der Waals surface area contributed by atoms with Crippen molar-refractivity contribution in [1.29, 1.82) is 0 Å². The van der Waals surface area contributed by atoms with Crippen LogP contribution in [0.15, 0.2) is 55.2 Å². The van der Waals surface area contributed by atoms with E-state index in [0.717, 1.165) is 44.7 Å². The Morgan fingerprint density at radius 3 is 2.77 bits per heavy atom. The molecule has 1 aromatic heterocycles. The number of nitrogens with zero attached hydrogens (tertiary/aromatic N) is 4. The zero-order valence-electron chi connectivity index (χ0n) is 17.2. The topological polar surface area (TPSA) is 67.8 Å². The summed E-state index contributed by atoms with van der Waals surface area (Å²) in [5.41, 5.74) is 1.78. The van der Waals surface area contributed by atoms with E-state index in [1.165, 1.54) is 5.57 Å². The summed E-state index contributed by atoms with van der Waals surface area (Å²) in [7, 11) is 1.59. The summed E-state index contributed by atoms with van der Waals surface area (Å²) in [5, 5.41) is 0. The molecule has 3 heterocycles. The van der Waals surface area contributed by atoms with Crippen LogP contribution in [0.3, 0.4) is 0 Å². The van der Waals surface area contributed by atoms with E-state index in [4.69, 9.17) is 9.47 Å². The Morgan fingerprint density at radius 2 is 2.00 bits per heavy atom. The van der Waals surface area contributed by atoms with Gasteiger partial charge in [0.2, 0.25) is 0 Å². The molecule has 0 N–H and O–H groups in total. The lowest BCUT2D eigenvalue weighted by Crippen LogP contribution is -2.31. The second kappa shape index (κ2) is 9.54. The van der Waals surface area contributed by atoms with Gasteiger partial charge in [-0.2, -0.15) is 0 Å². The number of ether oxygens (including phenoxy) is 2. The van der Waals surface area contributed by atoms with Crippen molar-refractivity contribution >= 4 is 11.5 Å². The molecule has 0 spiro atoms. The second-order valence-electron chi connectivity index (χ2n) is 7.32. The van der Waals surface area contributed by atoms with E-state index in [1.54, 1.807) is 55.1 Å². The number of unbranched alkanes of at least 4 members (excludes halogenated alkanes) is 1. The van der Waals surface area contributed by atoms with Crippen LogP contribution in [0.1, 0.15) is 35.4 Å². The molecule has 156 valence electrons. The summed E-state index contributed by atoms with van der Waals surface area (Å²) in [6.45, 7) is 3.60. The third-order valence-electron chi connectivity index (χ3n) is 5.39. The Labute approximate surface area is 176 Å². The molecule has 2 aliphatic heterocycles. The molecule has 2 aliphatic rings. The minimum atomic E-state index is -0.0465. The standard InChI is InChI=1S/C23H26N4O3/c1-29-19-5-6-20-21(17-19)30-16-15-27(23(20)28)12-3-2-11-26-13-7-18(8-14-26)22-24-9-4-10-25-22/h4-7,9-10,15-17H,2-3,8,11-14H2,1H3. The molecule has 0 saturated heterocycles. The summed E-state index contributed by atoms with van der Waals surface area (Å²) < 4.78 is 10.8. The fraction of sp³-hybridized carbons (Fsp3) is 0.348. The van der Waals surface area contributed by atoms with Crippen molar-refractivity contribution in [1.82, 2.24) is 19.8 Å². The third-order valence-corrected chi connectivity index (χ3v) is 5.39. The molecule has 4 rings (SSSR count). The van der Waals surface area contributed by atoms with E-state index in [2.05, 4.69) is 20.9 Å². The SMILES string of the molecule is COc1ccc2c(c1)OC=CN(CCCCN1CC=C(c3ncccn3)CC1)C2=O. The summed E-state index contributed by atoms with van der Waals surface area (Å²) >= 11 is 0. The molecular formula is C23H26N4O3. The van der Waals surface area contributed by atoms with Gasteiger partial charge in [-0.3, -0.25) is 9.69 Å². The van der Waals surface area contributed by atoms with Crippen molar-refractivity contribution in [2.24, 2.45) is 0 Å². The Bertz CT molecular complexity index is 943. The zero-order chi connectivity index (χ0) is 20.8. The van der Waals surface area contributed by atoms with E-state index in [1.807, 2.05) is 6.07 Å². The molecule has 0 radical (unpaired) electrons. The van der Waals surface area contributed by atoms with Crippen molar-refractivity contribution in [3.63, 3.8) is 0 Å². The summed E-state index contributed by atoms with van der Waals surface area (Å²) in [6.07, 6.45) is 12.0. The largest absolute Gasteiger partial charge is 0.497 e. The van der Waals surface area contributed by atoms with Crippen LogP contribution in [0.2, 0.25) is 0 Å². The maximum absolute atomic E-state index is 12.8. The van der Waals surface area contributed by atoms with Crippen LogP contribution in [0.4, 0.5) is 0 Å². The van der Waals surface area contributed by atoms with Gasteiger partial charge >= 0.3 is 0 Å². The first-order chi connectivity index (χ1) is 14.7. The molecule has 2 aromatic rings. The van der Waals surface area contributed by atoms with Crippen molar-refractivity contribution < 1.29 is 14.3 Å². The maximum atomic E-state index is 12.8. The van der Waals surface area contributed by atoms with E-state index < -0.39 is 0 Å². The van der Waals surface area contributed by atoms with Crippen molar-refractivity contribution in [3.05, 3.63) is 66.6 Å². The van der Waals surface area contributed by atoms with Gasteiger partial charge in [-0.25, -0.2) is 9.97 Å². The number of amides is 1. The Morgan fingerprint density at radius 1 is 1.17 bits per heavy atom. The number of carbonyl (C=O) groups is 1. The molecule has 0 saturated carbocycles. The summed E-state index contributed by atoms with van der Waals surface area (Å²) in [5.74, 6) is 1.98. The molecule has 0 unspecified atom stereocenters. The van der Waals surface area contributed by atoms with Gasteiger partial charge in [-0.1, -0.05) is 6.08 Å². The van der Waals surface area contributed by atoms with Gasteiger partial charge in [0.15, 0.2) is 5.82 Å². The monoisotopic (exact) mass is 406 g/mol. The van der Waals surface area contributed by atoms with Crippen LogP contribution in [0, 0.1) is 0 Å². The Kier molecular flexibility index (Phi) is 6.39. The van der Waals surface area contributed by atoms with E-state index in [-0.39, 0.29) is 5.91 Å².